The summed E-state index contributed by atoms with van der Waals surface area (Å²) in [5.41, 5.74) is 6.51. The molecule has 1 aromatic carbocycles. The molecule has 112 valence electrons. The average molecular weight is 290 g/mol. The number of aliphatic hydroxyl groups excluding tert-OH is 1. The van der Waals surface area contributed by atoms with Gasteiger partial charge in [-0.15, -0.1) is 0 Å². The predicted octanol–water partition coefficient (Wildman–Crippen LogP) is 0.911. The maximum absolute atomic E-state index is 11.0. The van der Waals surface area contributed by atoms with Crippen molar-refractivity contribution in [3.05, 3.63) is 24.0 Å². The summed E-state index contributed by atoms with van der Waals surface area (Å²) >= 11 is 0. The third-order valence-corrected chi connectivity index (χ3v) is 3.68. The maximum Gasteiger partial charge on any atom is 0.410 e. The number of rotatable bonds is 4. The van der Waals surface area contributed by atoms with E-state index in [0.29, 0.717) is 17.8 Å². The van der Waals surface area contributed by atoms with Crippen LogP contribution in [0.25, 0.3) is 11.0 Å². The van der Waals surface area contributed by atoms with E-state index in [4.69, 9.17) is 10.5 Å². The highest BCUT2D eigenvalue weighted by Crippen LogP contribution is 2.31. The van der Waals surface area contributed by atoms with E-state index in [1.54, 1.807) is 12.1 Å². The van der Waals surface area contributed by atoms with E-state index in [1.807, 2.05) is 10.6 Å². The van der Waals surface area contributed by atoms with Crippen molar-refractivity contribution in [2.24, 2.45) is 5.73 Å². The number of hydrogen-bond acceptors (Lipinski definition) is 5. The number of imidazole rings is 1. The second-order valence-electron chi connectivity index (χ2n) is 5.04. The Labute approximate surface area is 121 Å². The Morgan fingerprint density at radius 3 is 3.10 bits per heavy atom. The summed E-state index contributed by atoms with van der Waals surface area (Å²) in [5.74, 6) is 1.20. The third kappa shape index (κ3) is 2.57. The molecule has 1 aromatic heterocycles. The lowest BCUT2D eigenvalue weighted by molar-refractivity contribution is 0.211. The van der Waals surface area contributed by atoms with Crippen molar-refractivity contribution in [1.82, 2.24) is 14.9 Å². The largest absolute Gasteiger partial charge is 0.410 e. The van der Waals surface area contributed by atoms with Gasteiger partial charge in [0, 0.05) is 6.54 Å². The van der Waals surface area contributed by atoms with E-state index in [9.17, 15) is 9.90 Å². The van der Waals surface area contributed by atoms with Crippen LogP contribution in [0, 0.1) is 0 Å². The van der Waals surface area contributed by atoms with Crippen molar-refractivity contribution in [1.29, 1.82) is 0 Å². The van der Waals surface area contributed by atoms with Gasteiger partial charge < -0.3 is 25.5 Å². The second kappa shape index (κ2) is 5.71. The molecule has 2 heterocycles. The van der Waals surface area contributed by atoms with Gasteiger partial charge in [0.2, 0.25) is 0 Å². The lowest BCUT2D eigenvalue weighted by Crippen LogP contribution is -2.19. The minimum atomic E-state index is -0.861. The van der Waals surface area contributed by atoms with Crippen LogP contribution < -0.4 is 15.8 Å². The molecule has 4 N–H and O–H groups in total. The zero-order valence-corrected chi connectivity index (χ0v) is 11.6. The average Bonchev–Trinajstić information content (AvgIpc) is 3.07. The first-order valence-corrected chi connectivity index (χ1v) is 7.01. The van der Waals surface area contributed by atoms with Gasteiger partial charge in [0.05, 0.1) is 18.2 Å². The van der Waals surface area contributed by atoms with E-state index >= 15 is 0 Å². The molecular formula is C14H18N4O3. The molecule has 1 aliphatic heterocycles. The fourth-order valence-electron chi connectivity index (χ4n) is 2.84. The molecular weight excluding hydrogens is 272 g/mol. The molecule has 1 unspecified atom stereocenters. The highest BCUT2D eigenvalue weighted by Gasteiger charge is 2.24. The van der Waals surface area contributed by atoms with Crippen LogP contribution in [0.2, 0.25) is 0 Å². The van der Waals surface area contributed by atoms with Crippen LogP contribution >= 0.6 is 0 Å². The Bertz CT molecular complexity index is 662. The van der Waals surface area contributed by atoms with Crippen LogP contribution in [-0.4, -0.2) is 33.9 Å². The second-order valence-corrected chi connectivity index (χ2v) is 5.04. The topological polar surface area (TPSA) is 102 Å². The number of fused-ring (bicyclic) bond motifs is 1. The van der Waals surface area contributed by atoms with Crippen LogP contribution in [0.1, 0.15) is 24.7 Å². The van der Waals surface area contributed by atoms with Gasteiger partial charge in [0.1, 0.15) is 11.3 Å². The van der Waals surface area contributed by atoms with Crippen molar-refractivity contribution < 1.29 is 14.6 Å². The van der Waals surface area contributed by atoms with Crippen molar-refractivity contribution in [2.75, 3.05) is 13.2 Å². The zero-order chi connectivity index (χ0) is 14.8. The van der Waals surface area contributed by atoms with Gasteiger partial charge in [0.15, 0.2) is 5.75 Å². The molecule has 0 saturated carbocycles. The molecule has 0 aliphatic carbocycles. The quantitative estimate of drug-likeness (QED) is 0.776. The predicted molar refractivity (Wildman–Crippen MR) is 77.0 cm³/mol. The number of amides is 1. The summed E-state index contributed by atoms with van der Waals surface area (Å²) in [4.78, 5) is 15.6. The zero-order valence-electron chi connectivity index (χ0n) is 11.6. The van der Waals surface area contributed by atoms with Gasteiger partial charge in [-0.2, -0.15) is 0 Å². The summed E-state index contributed by atoms with van der Waals surface area (Å²) < 4.78 is 6.98. The van der Waals surface area contributed by atoms with Gasteiger partial charge in [-0.3, -0.25) is 0 Å². The van der Waals surface area contributed by atoms with Gasteiger partial charge in [0.25, 0.3) is 0 Å². The van der Waals surface area contributed by atoms with Crippen LogP contribution in [0.15, 0.2) is 18.2 Å². The minimum absolute atomic E-state index is 0.0199. The highest BCUT2D eigenvalue weighted by atomic mass is 16.5. The van der Waals surface area contributed by atoms with E-state index in [-0.39, 0.29) is 12.6 Å². The van der Waals surface area contributed by atoms with Gasteiger partial charge >= 0.3 is 6.09 Å². The maximum atomic E-state index is 11.0. The number of nitrogens with two attached hydrogens (primary N) is 1. The van der Waals surface area contributed by atoms with Crippen LogP contribution in [0.4, 0.5) is 4.79 Å². The third-order valence-electron chi connectivity index (χ3n) is 3.68. The first-order chi connectivity index (χ1) is 10.2. The fourth-order valence-corrected chi connectivity index (χ4v) is 2.84. The number of aromatic nitrogens is 2. The van der Waals surface area contributed by atoms with Crippen LogP contribution in [0.5, 0.6) is 5.75 Å². The number of benzene rings is 1. The first kappa shape index (κ1) is 13.8. The normalized spacial score (nSPS) is 18.2. The van der Waals surface area contributed by atoms with E-state index in [1.165, 1.54) is 0 Å². The van der Waals surface area contributed by atoms with Crippen molar-refractivity contribution in [3.8, 4) is 5.75 Å². The summed E-state index contributed by atoms with van der Waals surface area (Å²) in [6, 6.07) is 5.49. The Morgan fingerprint density at radius 1 is 1.57 bits per heavy atom. The van der Waals surface area contributed by atoms with Gasteiger partial charge in [-0.1, -0.05) is 6.07 Å². The molecule has 21 heavy (non-hydrogen) atoms. The number of nitrogens with zero attached hydrogens (tertiary/aromatic N) is 2. The number of nitrogens with one attached hydrogen (secondary N) is 1. The number of carbonyl (C=O) groups is 1. The van der Waals surface area contributed by atoms with Crippen molar-refractivity contribution >= 4 is 17.1 Å². The Balaban J connectivity index is 2.13. The summed E-state index contributed by atoms with van der Waals surface area (Å²) in [6.07, 6.45) is 1.23. The van der Waals surface area contributed by atoms with Crippen molar-refractivity contribution in [2.45, 2.75) is 25.4 Å². The molecule has 1 aliphatic rings. The van der Waals surface area contributed by atoms with Crippen molar-refractivity contribution in [3.63, 3.8) is 0 Å². The molecule has 0 spiro atoms. The molecule has 2 aromatic rings. The van der Waals surface area contributed by atoms with Gasteiger partial charge in [-0.05, 0) is 31.5 Å². The molecule has 3 rings (SSSR count). The minimum Gasteiger partial charge on any atom is -0.408 e. The highest BCUT2D eigenvalue weighted by molar-refractivity contribution is 5.85. The molecule has 0 bridgehead atoms. The van der Waals surface area contributed by atoms with E-state index < -0.39 is 6.09 Å². The lowest BCUT2D eigenvalue weighted by Gasteiger charge is -2.12. The fraction of sp³-hybridized carbons (Fsp3) is 0.429. The Morgan fingerprint density at radius 2 is 2.43 bits per heavy atom. The summed E-state index contributed by atoms with van der Waals surface area (Å²) in [5, 5.41) is 12.7. The molecule has 7 heteroatoms. The standard InChI is InChI=1S/C14H18N4O3/c15-14(20)21-11-5-1-4-10-12(11)17-13(18(10)7-8-19)9-3-2-6-16-9/h1,4-5,9,16,19H,2-3,6-8H2,(H2,15,20). The molecule has 1 fully saturated rings. The number of hydrogen-bond donors (Lipinski definition) is 3. The SMILES string of the molecule is NC(=O)Oc1cccc2c1nc(C1CCCN1)n2CCO. The smallest absolute Gasteiger partial charge is 0.408 e. The summed E-state index contributed by atoms with van der Waals surface area (Å²) in [6.45, 7) is 1.42. The number of aliphatic hydroxyl groups is 1. The summed E-state index contributed by atoms with van der Waals surface area (Å²) in [7, 11) is 0. The van der Waals surface area contributed by atoms with Crippen LogP contribution in [-0.2, 0) is 6.54 Å². The number of carbonyl (C=O) groups excluding carboxylic acids is 1. The van der Waals surface area contributed by atoms with Crippen LogP contribution in [0.3, 0.4) is 0 Å². The molecule has 0 radical (unpaired) electrons. The monoisotopic (exact) mass is 290 g/mol. The number of ether oxygens (including phenoxy) is 1. The molecule has 1 saturated heterocycles. The van der Waals surface area contributed by atoms with E-state index in [0.717, 1.165) is 30.7 Å². The first-order valence-electron chi connectivity index (χ1n) is 7.01. The number of primary amides is 1. The van der Waals surface area contributed by atoms with E-state index in [2.05, 4.69) is 10.3 Å². The number of para-hydroxylation sites is 1. The lowest BCUT2D eigenvalue weighted by atomic mass is 10.2. The molecule has 1 amide bonds. The molecule has 1 atom stereocenters. The molecule has 7 nitrogen and oxygen atoms in total. The van der Waals surface area contributed by atoms with Gasteiger partial charge in [-0.25, -0.2) is 9.78 Å². The Kier molecular flexibility index (Phi) is 3.76. The Hall–Kier alpha value is -2.12.